The van der Waals surface area contributed by atoms with Gasteiger partial charge in [-0.1, -0.05) is 6.07 Å². The van der Waals surface area contributed by atoms with Gasteiger partial charge in [0.2, 0.25) is 5.95 Å². The SMILES string of the molecule is COc1cccc(Nc2nc(C)cc(N3CCC4(CC3)OCCO4)n2)c1. The van der Waals surface area contributed by atoms with Gasteiger partial charge in [0.25, 0.3) is 0 Å². The summed E-state index contributed by atoms with van der Waals surface area (Å²) in [5.41, 5.74) is 1.82. The molecule has 2 aliphatic rings. The van der Waals surface area contributed by atoms with Crippen molar-refractivity contribution in [3.05, 3.63) is 36.0 Å². The van der Waals surface area contributed by atoms with Crippen LogP contribution in [0.2, 0.25) is 0 Å². The molecule has 0 bridgehead atoms. The molecule has 1 spiro atoms. The third-order valence-corrected chi connectivity index (χ3v) is 4.83. The van der Waals surface area contributed by atoms with E-state index >= 15 is 0 Å². The number of benzene rings is 1. The Balaban J connectivity index is 1.49. The molecule has 0 unspecified atom stereocenters. The van der Waals surface area contributed by atoms with Gasteiger partial charge in [-0.25, -0.2) is 4.98 Å². The highest BCUT2D eigenvalue weighted by atomic mass is 16.7. The molecular weight excluding hydrogens is 332 g/mol. The second kappa shape index (κ2) is 7.09. The van der Waals surface area contributed by atoms with Gasteiger partial charge in [0, 0.05) is 49.4 Å². The van der Waals surface area contributed by atoms with Gasteiger partial charge >= 0.3 is 0 Å². The largest absolute Gasteiger partial charge is 0.497 e. The number of rotatable bonds is 4. The molecule has 2 aliphatic heterocycles. The van der Waals surface area contributed by atoms with Gasteiger partial charge in [-0.05, 0) is 19.1 Å². The number of nitrogens with one attached hydrogen (secondary N) is 1. The minimum Gasteiger partial charge on any atom is -0.497 e. The molecular formula is C19H24N4O3. The summed E-state index contributed by atoms with van der Waals surface area (Å²) in [4.78, 5) is 11.5. The van der Waals surface area contributed by atoms with Crippen LogP contribution >= 0.6 is 0 Å². The first-order valence-electron chi connectivity index (χ1n) is 8.95. The minimum atomic E-state index is -0.375. The van der Waals surface area contributed by atoms with Crippen LogP contribution in [0.5, 0.6) is 5.75 Å². The Morgan fingerprint density at radius 1 is 1.12 bits per heavy atom. The van der Waals surface area contributed by atoms with Gasteiger partial charge in [0.05, 0.1) is 20.3 Å². The van der Waals surface area contributed by atoms with Crippen molar-refractivity contribution < 1.29 is 14.2 Å². The lowest BCUT2D eigenvalue weighted by molar-refractivity contribution is -0.169. The third kappa shape index (κ3) is 3.59. The fourth-order valence-corrected chi connectivity index (χ4v) is 3.46. The number of methoxy groups -OCH3 is 1. The van der Waals surface area contributed by atoms with Gasteiger partial charge in [-0.15, -0.1) is 0 Å². The van der Waals surface area contributed by atoms with E-state index in [-0.39, 0.29) is 5.79 Å². The van der Waals surface area contributed by atoms with E-state index in [1.165, 1.54) is 0 Å². The predicted octanol–water partition coefficient (Wildman–Crippen LogP) is 2.88. The molecule has 138 valence electrons. The Morgan fingerprint density at radius 3 is 2.62 bits per heavy atom. The second-order valence-electron chi connectivity index (χ2n) is 6.64. The zero-order chi connectivity index (χ0) is 18.0. The van der Waals surface area contributed by atoms with E-state index in [2.05, 4.69) is 15.2 Å². The second-order valence-corrected chi connectivity index (χ2v) is 6.64. The summed E-state index contributed by atoms with van der Waals surface area (Å²) in [6.45, 7) is 5.09. The van der Waals surface area contributed by atoms with Crippen molar-refractivity contribution in [2.45, 2.75) is 25.6 Å². The molecule has 1 aromatic heterocycles. The van der Waals surface area contributed by atoms with Crippen LogP contribution in [0.25, 0.3) is 0 Å². The van der Waals surface area contributed by atoms with Gasteiger partial charge in [-0.2, -0.15) is 4.98 Å². The summed E-state index contributed by atoms with van der Waals surface area (Å²) < 4.78 is 16.9. The van der Waals surface area contributed by atoms with Crippen molar-refractivity contribution in [2.24, 2.45) is 0 Å². The number of anilines is 3. The number of aryl methyl sites for hydroxylation is 1. The van der Waals surface area contributed by atoms with Crippen LogP contribution < -0.4 is 15.0 Å². The van der Waals surface area contributed by atoms with Crippen LogP contribution in [0, 0.1) is 6.92 Å². The Kier molecular flexibility index (Phi) is 4.65. The van der Waals surface area contributed by atoms with E-state index in [9.17, 15) is 0 Å². The Labute approximate surface area is 153 Å². The fourth-order valence-electron chi connectivity index (χ4n) is 3.46. The summed E-state index contributed by atoms with van der Waals surface area (Å²) in [6.07, 6.45) is 1.71. The van der Waals surface area contributed by atoms with Crippen molar-refractivity contribution in [2.75, 3.05) is 43.6 Å². The lowest BCUT2D eigenvalue weighted by atomic mass is 10.0. The van der Waals surface area contributed by atoms with Crippen LogP contribution in [-0.4, -0.2) is 49.2 Å². The zero-order valence-corrected chi connectivity index (χ0v) is 15.2. The third-order valence-electron chi connectivity index (χ3n) is 4.83. The van der Waals surface area contributed by atoms with Crippen molar-refractivity contribution in [3.63, 3.8) is 0 Å². The zero-order valence-electron chi connectivity index (χ0n) is 15.2. The average molecular weight is 356 g/mol. The van der Waals surface area contributed by atoms with Gasteiger partial charge in [0.1, 0.15) is 11.6 Å². The number of aromatic nitrogens is 2. The molecule has 0 radical (unpaired) electrons. The molecule has 7 heteroatoms. The lowest BCUT2D eigenvalue weighted by Crippen LogP contribution is -2.45. The molecule has 7 nitrogen and oxygen atoms in total. The van der Waals surface area contributed by atoms with Crippen LogP contribution in [0.3, 0.4) is 0 Å². The number of nitrogens with zero attached hydrogens (tertiary/aromatic N) is 3. The molecule has 0 aliphatic carbocycles. The predicted molar refractivity (Wildman–Crippen MR) is 99.1 cm³/mol. The molecule has 4 rings (SSSR count). The van der Waals surface area contributed by atoms with E-state index in [1.807, 2.05) is 37.3 Å². The molecule has 0 atom stereocenters. The Hall–Kier alpha value is -2.38. The summed E-state index contributed by atoms with van der Waals surface area (Å²) in [7, 11) is 1.65. The van der Waals surface area contributed by atoms with E-state index in [0.717, 1.165) is 48.9 Å². The van der Waals surface area contributed by atoms with E-state index in [0.29, 0.717) is 19.2 Å². The molecule has 26 heavy (non-hydrogen) atoms. The Morgan fingerprint density at radius 2 is 1.88 bits per heavy atom. The summed E-state index contributed by atoms with van der Waals surface area (Å²) in [5.74, 6) is 1.93. The van der Waals surface area contributed by atoms with Gasteiger partial charge < -0.3 is 24.4 Å². The lowest BCUT2D eigenvalue weighted by Gasteiger charge is -2.38. The van der Waals surface area contributed by atoms with Crippen molar-refractivity contribution in [1.29, 1.82) is 0 Å². The van der Waals surface area contributed by atoms with E-state index < -0.39 is 0 Å². The topological polar surface area (TPSA) is 68.7 Å². The maximum absolute atomic E-state index is 5.81. The number of ether oxygens (including phenoxy) is 3. The first kappa shape index (κ1) is 17.1. The summed E-state index contributed by atoms with van der Waals surface area (Å²) in [5, 5.41) is 3.27. The van der Waals surface area contributed by atoms with Crippen molar-refractivity contribution >= 4 is 17.5 Å². The molecule has 2 fully saturated rings. The van der Waals surface area contributed by atoms with Crippen LogP contribution in [0.1, 0.15) is 18.5 Å². The van der Waals surface area contributed by atoms with Crippen LogP contribution in [-0.2, 0) is 9.47 Å². The van der Waals surface area contributed by atoms with E-state index in [1.54, 1.807) is 7.11 Å². The smallest absolute Gasteiger partial charge is 0.229 e. The molecule has 1 N–H and O–H groups in total. The number of hydrogen-bond donors (Lipinski definition) is 1. The van der Waals surface area contributed by atoms with Gasteiger partial charge in [0.15, 0.2) is 5.79 Å². The van der Waals surface area contributed by atoms with Gasteiger partial charge in [-0.3, -0.25) is 0 Å². The highest BCUT2D eigenvalue weighted by Crippen LogP contribution is 2.33. The molecule has 1 aromatic carbocycles. The minimum absolute atomic E-state index is 0.375. The molecule has 3 heterocycles. The van der Waals surface area contributed by atoms with Crippen molar-refractivity contribution in [1.82, 2.24) is 9.97 Å². The highest BCUT2D eigenvalue weighted by Gasteiger charge is 2.40. The molecule has 0 amide bonds. The summed E-state index contributed by atoms with van der Waals surface area (Å²) in [6, 6.07) is 9.75. The first-order valence-corrected chi connectivity index (χ1v) is 8.95. The molecule has 2 saturated heterocycles. The van der Waals surface area contributed by atoms with Crippen LogP contribution in [0.15, 0.2) is 30.3 Å². The van der Waals surface area contributed by atoms with Crippen molar-refractivity contribution in [3.8, 4) is 5.75 Å². The highest BCUT2D eigenvalue weighted by molar-refractivity contribution is 5.57. The summed E-state index contributed by atoms with van der Waals surface area (Å²) >= 11 is 0. The number of hydrogen-bond acceptors (Lipinski definition) is 7. The molecule has 0 saturated carbocycles. The molecule has 2 aromatic rings. The Bertz CT molecular complexity index is 767. The standard InChI is InChI=1S/C19H24N4O3/c1-14-12-17(23-8-6-19(7-9-23)25-10-11-26-19)22-18(20-14)21-15-4-3-5-16(13-15)24-2/h3-5,12-13H,6-11H2,1-2H3,(H,20,21,22). The maximum atomic E-state index is 5.81. The van der Waals surface area contributed by atoms with E-state index in [4.69, 9.17) is 19.2 Å². The number of piperidine rings is 1. The normalized spacial score (nSPS) is 18.9. The maximum Gasteiger partial charge on any atom is 0.229 e. The fraction of sp³-hybridized carbons (Fsp3) is 0.474. The monoisotopic (exact) mass is 356 g/mol. The average Bonchev–Trinajstić information content (AvgIpc) is 3.10. The quantitative estimate of drug-likeness (QED) is 0.903. The first-order chi connectivity index (χ1) is 12.7. The van der Waals surface area contributed by atoms with Crippen LogP contribution in [0.4, 0.5) is 17.5 Å².